The van der Waals surface area contributed by atoms with E-state index in [1.807, 2.05) is 0 Å². The molecule has 0 atom stereocenters. The molecule has 0 bridgehead atoms. The van der Waals surface area contributed by atoms with Crippen molar-refractivity contribution in [2.75, 3.05) is 13.1 Å². The highest BCUT2D eigenvalue weighted by Crippen LogP contribution is 2.13. The molecule has 1 aromatic carbocycles. The molecule has 0 amide bonds. The maximum Gasteiger partial charge on any atom is 0.0226 e. The third-order valence-corrected chi connectivity index (χ3v) is 2.79. The zero-order valence-electron chi connectivity index (χ0n) is 7.88. The summed E-state index contributed by atoms with van der Waals surface area (Å²) in [5.41, 5.74) is 2.81. The van der Waals surface area contributed by atoms with Crippen molar-refractivity contribution in [3.8, 4) is 0 Å². The highest BCUT2D eigenvalue weighted by molar-refractivity contribution is 5.70. The standard InChI is InChI=1S/C12H12N2/c1-2-4-11-9(3-1)5-13-6-10-7-14-8-12(10)11/h1-6,13-14H,7-8H2. The van der Waals surface area contributed by atoms with Crippen molar-refractivity contribution in [2.24, 2.45) is 0 Å². The second kappa shape index (κ2) is 3.00. The number of hydrogen-bond donors (Lipinski definition) is 2. The molecule has 2 heterocycles. The molecule has 0 aliphatic carbocycles. The van der Waals surface area contributed by atoms with Crippen LogP contribution in [0.3, 0.4) is 0 Å². The number of benzene rings is 1. The van der Waals surface area contributed by atoms with Gasteiger partial charge in [-0.15, -0.1) is 0 Å². The summed E-state index contributed by atoms with van der Waals surface area (Å²) in [4.78, 5) is 0. The molecule has 2 nitrogen and oxygen atoms in total. The Labute approximate surface area is 82.6 Å². The third kappa shape index (κ3) is 1.08. The summed E-state index contributed by atoms with van der Waals surface area (Å²) in [5.74, 6) is 0. The molecular formula is C12H12N2. The molecular weight excluding hydrogens is 172 g/mol. The first-order chi connectivity index (χ1) is 6.95. The molecule has 14 heavy (non-hydrogen) atoms. The van der Waals surface area contributed by atoms with Crippen molar-refractivity contribution in [2.45, 2.75) is 0 Å². The first kappa shape index (κ1) is 7.83. The second-order valence-electron chi connectivity index (χ2n) is 3.65. The van der Waals surface area contributed by atoms with E-state index in [2.05, 4.69) is 47.3 Å². The Balaban J connectivity index is 2.42. The molecule has 2 aliphatic heterocycles. The van der Waals surface area contributed by atoms with E-state index in [-0.39, 0.29) is 0 Å². The van der Waals surface area contributed by atoms with Gasteiger partial charge in [0.1, 0.15) is 0 Å². The molecule has 1 aromatic rings. The molecule has 3 rings (SSSR count). The fourth-order valence-corrected chi connectivity index (χ4v) is 2.08. The van der Waals surface area contributed by atoms with E-state index < -0.39 is 0 Å². The summed E-state index contributed by atoms with van der Waals surface area (Å²) in [6.07, 6.45) is 4.16. The molecule has 0 aromatic heterocycles. The van der Waals surface area contributed by atoms with E-state index in [0.29, 0.717) is 0 Å². The number of nitrogens with one attached hydrogen (secondary N) is 2. The van der Waals surface area contributed by atoms with Crippen molar-refractivity contribution in [1.29, 1.82) is 0 Å². The molecule has 2 heteroatoms. The highest BCUT2D eigenvalue weighted by atomic mass is 14.9. The average Bonchev–Trinajstić information content (AvgIpc) is 2.61. The minimum Gasteiger partial charge on any atom is -0.367 e. The van der Waals surface area contributed by atoms with Crippen molar-refractivity contribution in [3.05, 3.63) is 46.5 Å². The van der Waals surface area contributed by atoms with Crippen LogP contribution in [0.2, 0.25) is 0 Å². The lowest BCUT2D eigenvalue weighted by molar-refractivity contribution is 0.900. The van der Waals surface area contributed by atoms with E-state index in [1.165, 1.54) is 21.6 Å². The summed E-state index contributed by atoms with van der Waals surface area (Å²) in [7, 11) is 0. The Morgan fingerprint density at radius 2 is 1.93 bits per heavy atom. The van der Waals surface area contributed by atoms with Gasteiger partial charge in [-0.25, -0.2) is 0 Å². The van der Waals surface area contributed by atoms with Crippen LogP contribution in [-0.2, 0) is 0 Å². The highest BCUT2D eigenvalue weighted by Gasteiger charge is 2.14. The van der Waals surface area contributed by atoms with E-state index in [0.717, 1.165) is 13.1 Å². The average molecular weight is 184 g/mol. The summed E-state index contributed by atoms with van der Waals surface area (Å²) in [6.45, 7) is 1.96. The third-order valence-electron chi connectivity index (χ3n) is 2.79. The zero-order chi connectivity index (χ0) is 9.38. The molecule has 1 saturated heterocycles. The quantitative estimate of drug-likeness (QED) is 0.577. The molecule has 70 valence electrons. The van der Waals surface area contributed by atoms with Gasteiger partial charge >= 0.3 is 0 Å². The number of rotatable bonds is 0. The van der Waals surface area contributed by atoms with Crippen LogP contribution in [0.25, 0.3) is 11.8 Å². The Kier molecular flexibility index (Phi) is 1.67. The Hall–Kier alpha value is -1.54. The summed E-state index contributed by atoms with van der Waals surface area (Å²) >= 11 is 0. The Morgan fingerprint density at radius 1 is 1.00 bits per heavy atom. The van der Waals surface area contributed by atoms with Gasteiger partial charge < -0.3 is 10.6 Å². The maximum absolute atomic E-state index is 3.37. The van der Waals surface area contributed by atoms with Gasteiger partial charge in [-0.2, -0.15) is 0 Å². The monoisotopic (exact) mass is 184 g/mol. The largest absolute Gasteiger partial charge is 0.367 e. The smallest absolute Gasteiger partial charge is 0.0226 e. The van der Waals surface area contributed by atoms with Crippen molar-refractivity contribution in [1.82, 2.24) is 10.6 Å². The second-order valence-corrected chi connectivity index (χ2v) is 3.65. The van der Waals surface area contributed by atoms with Crippen LogP contribution in [0.1, 0.15) is 0 Å². The van der Waals surface area contributed by atoms with Gasteiger partial charge in [0.05, 0.1) is 0 Å². The SMILES string of the molecule is C1=C2CNCC2=c2ccccc2=CN1. The molecule has 0 saturated carbocycles. The Morgan fingerprint density at radius 3 is 2.93 bits per heavy atom. The summed E-state index contributed by atoms with van der Waals surface area (Å²) < 4.78 is 0. The molecule has 0 spiro atoms. The normalized spacial score (nSPS) is 18.6. The first-order valence-electron chi connectivity index (χ1n) is 4.90. The van der Waals surface area contributed by atoms with Gasteiger partial charge in [0, 0.05) is 25.5 Å². The molecule has 2 aliphatic rings. The fourth-order valence-electron chi connectivity index (χ4n) is 2.08. The van der Waals surface area contributed by atoms with Crippen LogP contribution in [0.4, 0.5) is 0 Å². The number of fused-ring (bicyclic) bond motifs is 2. The lowest BCUT2D eigenvalue weighted by Crippen LogP contribution is -2.27. The molecule has 0 radical (unpaired) electrons. The van der Waals surface area contributed by atoms with Gasteiger partial charge in [0.2, 0.25) is 0 Å². The summed E-state index contributed by atoms with van der Waals surface area (Å²) in [6, 6.07) is 8.51. The van der Waals surface area contributed by atoms with Crippen LogP contribution in [-0.4, -0.2) is 13.1 Å². The minimum atomic E-state index is 0.977. The van der Waals surface area contributed by atoms with E-state index in [4.69, 9.17) is 0 Å². The molecule has 1 fully saturated rings. The topological polar surface area (TPSA) is 24.1 Å². The van der Waals surface area contributed by atoms with Crippen LogP contribution >= 0.6 is 0 Å². The lowest BCUT2D eigenvalue weighted by Gasteiger charge is -1.96. The van der Waals surface area contributed by atoms with Crippen LogP contribution in [0, 0.1) is 0 Å². The first-order valence-corrected chi connectivity index (χ1v) is 4.90. The van der Waals surface area contributed by atoms with Gasteiger partial charge in [0.25, 0.3) is 0 Å². The van der Waals surface area contributed by atoms with E-state index >= 15 is 0 Å². The van der Waals surface area contributed by atoms with Crippen molar-refractivity contribution < 1.29 is 0 Å². The summed E-state index contributed by atoms with van der Waals surface area (Å²) in [5, 5.41) is 9.23. The van der Waals surface area contributed by atoms with E-state index in [1.54, 1.807) is 0 Å². The van der Waals surface area contributed by atoms with Crippen LogP contribution < -0.4 is 21.1 Å². The van der Waals surface area contributed by atoms with Gasteiger partial charge in [-0.3, -0.25) is 0 Å². The zero-order valence-corrected chi connectivity index (χ0v) is 7.88. The Bertz CT molecular complexity index is 511. The maximum atomic E-state index is 3.37. The predicted octanol–water partition coefficient (Wildman–Crippen LogP) is -0.334. The van der Waals surface area contributed by atoms with Gasteiger partial charge in [-0.05, 0) is 21.6 Å². The minimum absolute atomic E-state index is 0.977. The van der Waals surface area contributed by atoms with Crippen molar-refractivity contribution in [3.63, 3.8) is 0 Å². The fraction of sp³-hybridized carbons (Fsp3) is 0.167. The van der Waals surface area contributed by atoms with Gasteiger partial charge in [-0.1, -0.05) is 24.3 Å². The predicted molar refractivity (Wildman–Crippen MR) is 57.7 cm³/mol. The molecule has 0 unspecified atom stereocenters. The number of hydrogen-bond acceptors (Lipinski definition) is 2. The lowest BCUT2D eigenvalue weighted by atomic mass is 10.1. The van der Waals surface area contributed by atoms with E-state index in [9.17, 15) is 0 Å². The van der Waals surface area contributed by atoms with Crippen molar-refractivity contribution >= 4 is 11.8 Å². The van der Waals surface area contributed by atoms with Gasteiger partial charge in [0.15, 0.2) is 0 Å². The molecule has 2 N–H and O–H groups in total. The van der Waals surface area contributed by atoms with Crippen LogP contribution in [0.15, 0.2) is 36.0 Å². The van der Waals surface area contributed by atoms with Crippen LogP contribution in [0.5, 0.6) is 0 Å².